The zero-order valence-electron chi connectivity index (χ0n) is 11.9. The first-order chi connectivity index (χ1) is 10.9. The van der Waals surface area contributed by atoms with Gasteiger partial charge in [-0.15, -0.1) is 23.1 Å². The molecule has 10 heteroatoms. The van der Waals surface area contributed by atoms with Gasteiger partial charge in [-0.2, -0.15) is 0 Å². The van der Waals surface area contributed by atoms with Crippen LogP contribution in [-0.2, 0) is 4.79 Å². The SMILES string of the molecule is Cc1csc(NC(=O)CSc2ccc(C(N)=O)cc2[N+](=O)[O-])n1. The van der Waals surface area contributed by atoms with Gasteiger partial charge < -0.3 is 11.1 Å². The highest BCUT2D eigenvalue weighted by atomic mass is 32.2. The summed E-state index contributed by atoms with van der Waals surface area (Å²) in [5.74, 6) is -1.09. The van der Waals surface area contributed by atoms with Crippen LogP contribution in [0.5, 0.6) is 0 Å². The summed E-state index contributed by atoms with van der Waals surface area (Å²) in [4.78, 5) is 37.8. The zero-order valence-corrected chi connectivity index (χ0v) is 13.6. The third-order valence-corrected chi connectivity index (χ3v) is 4.60. The number of anilines is 1. The highest BCUT2D eigenvalue weighted by Gasteiger charge is 2.18. The second kappa shape index (κ2) is 7.20. The second-order valence-corrected chi connectivity index (χ2v) is 6.31. The molecule has 8 nitrogen and oxygen atoms in total. The average Bonchev–Trinajstić information content (AvgIpc) is 2.89. The fourth-order valence-corrected chi connectivity index (χ4v) is 3.15. The summed E-state index contributed by atoms with van der Waals surface area (Å²) >= 11 is 2.30. The Balaban J connectivity index is 2.06. The number of nitrogens with two attached hydrogens (primary N) is 1. The highest BCUT2D eigenvalue weighted by molar-refractivity contribution is 8.00. The Bertz CT molecular complexity index is 775. The number of hydrogen-bond acceptors (Lipinski definition) is 7. The zero-order chi connectivity index (χ0) is 17.0. The van der Waals surface area contributed by atoms with E-state index in [9.17, 15) is 19.7 Å². The first kappa shape index (κ1) is 16.9. The minimum Gasteiger partial charge on any atom is -0.366 e. The summed E-state index contributed by atoms with van der Waals surface area (Å²) < 4.78 is 0. The normalized spacial score (nSPS) is 10.3. The number of rotatable bonds is 6. The maximum Gasteiger partial charge on any atom is 0.283 e. The Morgan fingerprint density at radius 2 is 2.22 bits per heavy atom. The molecule has 1 aromatic heterocycles. The Morgan fingerprint density at radius 1 is 1.48 bits per heavy atom. The Kier molecular flexibility index (Phi) is 5.29. The number of nitrogens with one attached hydrogen (secondary N) is 1. The molecule has 0 saturated heterocycles. The van der Waals surface area contributed by atoms with Crippen molar-refractivity contribution in [2.24, 2.45) is 5.73 Å². The van der Waals surface area contributed by atoms with Gasteiger partial charge in [0.05, 0.1) is 21.3 Å². The Morgan fingerprint density at radius 3 is 2.78 bits per heavy atom. The molecule has 2 rings (SSSR count). The molecule has 2 aromatic rings. The van der Waals surface area contributed by atoms with Gasteiger partial charge in [-0.05, 0) is 19.1 Å². The van der Waals surface area contributed by atoms with E-state index in [1.165, 1.54) is 23.5 Å². The van der Waals surface area contributed by atoms with E-state index in [0.29, 0.717) is 5.13 Å². The fourth-order valence-electron chi connectivity index (χ4n) is 1.65. The van der Waals surface area contributed by atoms with Crippen molar-refractivity contribution >= 4 is 45.7 Å². The predicted octanol–water partition coefficient (Wildman–Crippen LogP) is 2.19. The number of amides is 2. The lowest BCUT2D eigenvalue weighted by Crippen LogP contribution is -2.14. The molecule has 1 heterocycles. The van der Waals surface area contributed by atoms with Crippen LogP contribution in [0.2, 0.25) is 0 Å². The average molecular weight is 352 g/mol. The van der Waals surface area contributed by atoms with Crippen molar-refractivity contribution in [3.63, 3.8) is 0 Å². The molecule has 0 aliphatic heterocycles. The first-order valence-corrected chi connectivity index (χ1v) is 8.16. The quantitative estimate of drug-likeness (QED) is 0.466. The minimum absolute atomic E-state index is 0.0185. The summed E-state index contributed by atoms with van der Waals surface area (Å²) in [6.45, 7) is 1.81. The molecule has 0 radical (unpaired) electrons. The van der Waals surface area contributed by atoms with E-state index in [4.69, 9.17) is 5.73 Å². The summed E-state index contributed by atoms with van der Waals surface area (Å²) in [7, 11) is 0. The fraction of sp³-hybridized carbons (Fsp3) is 0.154. The molecular weight excluding hydrogens is 340 g/mol. The summed E-state index contributed by atoms with van der Waals surface area (Å²) in [5, 5.41) is 16.0. The van der Waals surface area contributed by atoms with Gasteiger partial charge in [-0.1, -0.05) is 0 Å². The Hall–Kier alpha value is -2.46. The third kappa shape index (κ3) is 4.50. The van der Waals surface area contributed by atoms with Gasteiger partial charge >= 0.3 is 0 Å². The summed E-state index contributed by atoms with van der Waals surface area (Å²) in [6, 6.07) is 3.90. The summed E-state index contributed by atoms with van der Waals surface area (Å²) in [6.07, 6.45) is 0. The van der Waals surface area contributed by atoms with E-state index < -0.39 is 10.8 Å². The van der Waals surface area contributed by atoms with Gasteiger partial charge in [-0.25, -0.2) is 4.98 Å². The van der Waals surface area contributed by atoms with Crippen molar-refractivity contribution in [2.45, 2.75) is 11.8 Å². The van der Waals surface area contributed by atoms with Gasteiger partial charge in [0.25, 0.3) is 5.69 Å². The smallest absolute Gasteiger partial charge is 0.283 e. The minimum atomic E-state index is -0.749. The number of nitro benzene ring substituents is 1. The number of nitro groups is 1. The number of thiazole rings is 1. The number of carbonyl (C=O) groups excluding carboxylic acids is 2. The number of hydrogen-bond donors (Lipinski definition) is 2. The molecule has 0 saturated carbocycles. The predicted molar refractivity (Wildman–Crippen MR) is 87.8 cm³/mol. The van der Waals surface area contributed by atoms with Crippen molar-refractivity contribution < 1.29 is 14.5 Å². The van der Waals surface area contributed by atoms with Gasteiger partial charge in [-0.3, -0.25) is 19.7 Å². The van der Waals surface area contributed by atoms with Crippen molar-refractivity contribution in [1.82, 2.24) is 4.98 Å². The number of nitrogens with zero attached hydrogens (tertiary/aromatic N) is 2. The van der Waals surface area contributed by atoms with Crippen LogP contribution in [-0.4, -0.2) is 27.5 Å². The van der Waals surface area contributed by atoms with Crippen LogP contribution in [0.15, 0.2) is 28.5 Å². The van der Waals surface area contributed by atoms with E-state index in [1.807, 2.05) is 6.92 Å². The number of benzene rings is 1. The Labute approximate surface area is 139 Å². The van der Waals surface area contributed by atoms with E-state index in [1.54, 1.807) is 5.38 Å². The lowest BCUT2D eigenvalue weighted by Gasteiger charge is -2.04. The van der Waals surface area contributed by atoms with Crippen LogP contribution in [0.3, 0.4) is 0 Å². The van der Waals surface area contributed by atoms with E-state index in [0.717, 1.165) is 23.5 Å². The number of carbonyl (C=O) groups is 2. The molecule has 3 N–H and O–H groups in total. The van der Waals surface area contributed by atoms with Crippen LogP contribution >= 0.6 is 23.1 Å². The second-order valence-electron chi connectivity index (χ2n) is 4.43. The lowest BCUT2D eigenvalue weighted by atomic mass is 10.2. The molecule has 23 heavy (non-hydrogen) atoms. The number of thioether (sulfide) groups is 1. The molecule has 0 atom stereocenters. The molecule has 0 bridgehead atoms. The topological polar surface area (TPSA) is 128 Å². The molecule has 0 fully saturated rings. The molecular formula is C13H12N4O4S2. The number of aromatic nitrogens is 1. The van der Waals surface area contributed by atoms with Crippen LogP contribution in [0.1, 0.15) is 16.1 Å². The van der Waals surface area contributed by atoms with Crippen molar-refractivity contribution in [1.29, 1.82) is 0 Å². The van der Waals surface area contributed by atoms with Crippen LogP contribution in [0.25, 0.3) is 0 Å². The number of aryl methyl sites for hydroxylation is 1. The maximum absolute atomic E-state index is 11.8. The van der Waals surface area contributed by atoms with E-state index in [2.05, 4.69) is 10.3 Å². The highest BCUT2D eigenvalue weighted by Crippen LogP contribution is 2.30. The van der Waals surface area contributed by atoms with Crippen molar-refractivity contribution in [3.05, 3.63) is 45.0 Å². The standard InChI is InChI=1S/C13H12N4O4S2/c1-7-5-23-13(15-7)16-11(18)6-22-10-3-2-8(12(14)19)4-9(10)17(20)21/h2-5H,6H2,1H3,(H2,14,19)(H,15,16,18). The van der Waals surface area contributed by atoms with Crippen LogP contribution in [0.4, 0.5) is 10.8 Å². The van der Waals surface area contributed by atoms with E-state index >= 15 is 0 Å². The van der Waals surface area contributed by atoms with Crippen LogP contribution < -0.4 is 11.1 Å². The van der Waals surface area contributed by atoms with Crippen LogP contribution in [0, 0.1) is 17.0 Å². The largest absolute Gasteiger partial charge is 0.366 e. The molecule has 2 amide bonds. The first-order valence-electron chi connectivity index (χ1n) is 6.30. The monoisotopic (exact) mass is 352 g/mol. The van der Waals surface area contributed by atoms with Gasteiger partial charge in [0.1, 0.15) is 0 Å². The van der Waals surface area contributed by atoms with Gasteiger partial charge in [0.2, 0.25) is 11.8 Å². The van der Waals surface area contributed by atoms with Crippen molar-refractivity contribution in [3.8, 4) is 0 Å². The molecule has 0 unspecified atom stereocenters. The van der Waals surface area contributed by atoms with Gasteiger partial charge in [0.15, 0.2) is 5.13 Å². The molecule has 1 aromatic carbocycles. The summed E-state index contributed by atoms with van der Waals surface area (Å²) in [5.41, 5.74) is 5.69. The molecule has 0 aliphatic rings. The van der Waals surface area contributed by atoms with Crippen molar-refractivity contribution in [2.75, 3.05) is 11.1 Å². The number of primary amides is 1. The van der Waals surface area contributed by atoms with Gasteiger partial charge in [0, 0.05) is 17.0 Å². The third-order valence-electron chi connectivity index (χ3n) is 2.66. The maximum atomic E-state index is 11.8. The lowest BCUT2D eigenvalue weighted by molar-refractivity contribution is -0.387. The van der Waals surface area contributed by atoms with E-state index in [-0.39, 0.29) is 27.8 Å². The molecule has 120 valence electrons. The molecule has 0 spiro atoms. The molecule has 0 aliphatic carbocycles.